The molecule has 6 heteroatoms. The average Bonchev–Trinajstić information content (AvgIpc) is 3.10. The lowest BCUT2D eigenvalue weighted by Crippen LogP contribution is -2.28. The molecule has 1 aromatic carbocycles. The van der Waals surface area contributed by atoms with Crippen LogP contribution in [0.3, 0.4) is 0 Å². The van der Waals surface area contributed by atoms with Gasteiger partial charge in [0.1, 0.15) is 5.75 Å². The highest BCUT2D eigenvalue weighted by Crippen LogP contribution is 2.27. The van der Waals surface area contributed by atoms with Crippen molar-refractivity contribution in [3.63, 3.8) is 0 Å². The van der Waals surface area contributed by atoms with Crippen molar-refractivity contribution in [2.75, 3.05) is 6.61 Å². The first-order valence-corrected chi connectivity index (χ1v) is 7.18. The Labute approximate surface area is 115 Å². The van der Waals surface area contributed by atoms with Crippen molar-refractivity contribution < 1.29 is 4.74 Å². The number of aryl methyl sites for hydroxylation is 1. The fraction of sp³-hybridized carbons (Fsp3) is 0.385. The van der Waals surface area contributed by atoms with Crippen molar-refractivity contribution in [3.8, 4) is 5.75 Å². The molecule has 3 N–H and O–H groups in total. The normalized spacial score (nSPS) is 15.0. The van der Waals surface area contributed by atoms with Crippen LogP contribution in [0.5, 0.6) is 5.75 Å². The second-order valence-electron chi connectivity index (χ2n) is 4.63. The van der Waals surface area contributed by atoms with E-state index in [1.807, 2.05) is 5.38 Å². The Morgan fingerprint density at radius 3 is 3.21 bits per heavy atom. The SMILES string of the molecule is NNC(CCc1ccc2c(c1)CCO2)c1csnn1. The highest BCUT2D eigenvalue weighted by molar-refractivity contribution is 7.03. The van der Waals surface area contributed by atoms with Gasteiger partial charge in [0, 0.05) is 11.8 Å². The molecule has 1 aliphatic rings. The quantitative estimate of drug-likeness (QED) is 0.641. The number of rotatable bonds is 5. The largest absolute Gasteiger partial charge is 0.493 e. The number of ether oxygens (including phenoxy) is 1. The molecule has 0 spiro atoms. The highest BCUT2D eigenvalue weighted by Gasteiger charge is 2.15. The van der Waals surface area contributed by atoms with Crippen molar-refractivity contribution in [1.82, 2.24) is 15.0 Å². The molecule has 0 radical (unpaired) electrons. The van der Waals surface area contributed by atoms with Crippen LogP contribution in [0.4, 0.5) is 0 Å². The van der Waals surface area contributed by atoms with E-state index < -0.39 is 0 Å². The number of fused-ring (bicyclic) bond motifs is 1. The van der Waals surface area contributed by atoms with Gasteiger partial charge in [0.15, 0.2) is 0 Å². The van der Waals surface area contributed by atoms with E-state index in [4.69, 9.17) is 10.6 Å². The molecule has 1 atom stereocenters. The van der Waals surface area contributed by atoms with Crippen molar-refractivity contribution in [1.29, 1.82) is 0 Å². The summed E-state index contributed by atoms with van der Waals surface area (Å²) in [5.74, 6) is 6.61. The maximum atomic E-state index is 5.59. The summed E-state index contributed by atoms with van der Waals surface area (Å²) in [6.45, 7) is 0.802. The van der Waals surface area contributed by atoms with E-state index in [1.165, 1.54) is 22.7 Å². The first-order valence-electron chi connectivity index (χ1n) is 6.34. The maximum absolute atomic E-state index is 5.59. The van der Waals surface area contributed by atoms with Gasteiger partial charge in [0.05, 0.1) is 18.3 Å². The minimum absolute atomic E-state index is 0.0586. The lowest BCUT2D eigenvalue weighted by molar-refractivity contribution is 0.357. The molecule has 5 nitrogen and oxygen atoms in total. The van der Waals surface area contributed by atoms with Crippen LogP contribution in [-0.2, 0) is 12.8 Å². The summed E-state index contributed by atoms with van der Waals surface area (Å²) in [4.78, 5) is 0. The molecule has 1 aliphatic heterocycles. The van der Waals surface area contributed by atoms with Gasteiger partial charge < -0.3 is 4.74 Å². The van der Waals surface area contributed by atoms with E-state index in [0.29, 0.717) is 0 Å². The first kappa shape index (κ1) is 12.5. The highest BCUT2D eigenvalue weighted by atomic mass is 32.1. The molecule has 1 aromatic heterocycles. The number of nitrogens with zero attached hydrogens (tertiary/aromatic N) is 2. The molecular weight excluding hydrogens is 260 g/mol. The lowest BCUT2D eigenvalue weighted by Gasteiger charge is -2.13. The summed E-state index contributed by atoms with van der Waals surface area (Å²) in [7, 11) is 0. The molecule has 3 rings (SSSR count). The fourth-order valence-electron chi connectivity index (χ4n) is 2.35. The molecule has 100 valence electrons. The van der Waals surface area contributed by atoms with E-state index >= 15 is 0 Å². The summed E-state index contributed by atoms with van der Waals surface area (Å²) >= 11 is 1.35. The number of nitrogens with one attached hydrogen (secondary N) is 1. The first-order chi connectivity index (χ1) is 9.36. The smallest absolute Gasteiger partial charge is 0.122 e. The van der Waals surface area contributed by atoms with Crippen molar-refractivity contribution in [3.05, 3.63) is 40.4 Å². The van der Waals surface area contributed by atoms with Gasteiger partial charge in [-0.25, -0.2) is 0 Å². The van der Waals surface area contributed by atoms with Gasteiger partial charge in [0.2, 0.25) is 0 Å². The predicted octanol–water partition coefficient (Wildman–Crippen LogP) is 1.61. The van der Waals surface area contributed by atoms with Crippen LogP contribution in [-0.4, -0.2) is 16.2 Å². The van der Waals surface area contributed by atoms with Crippen molar-refractivity contribution in [2.24, 2.45) is 5.84 Å². The van der Waals surface area contributed by atoms with Crippen LogP contribution in [0, 0.1) is 0 Å². The maximum Gasteiger partial charge on any atom is 0.122 e. The van der Waals surface area contributed by atoms with E-state index in [-0.39, 0.29) is 6.04 Å². The lowest BCUT2D eigenvalue weighted by atomic mass is 10.0. The van der Waals surface area contributed by atoms with Crippen LogP contribution >= 0.6 is 11.5 Å². The molecule has 1 unspecified atom stereocenters. The zero-order valence-electron chi connectivity index (χ0n) is 10.5. The zero-order chi connectivity index (χ0) is 13.1. The van der Waals surface area contributed by atoms with Crippen molar-refractivity contribution in [2.45, 2.75) is 25.3 Å². The Morgan fingerprint density at radius 1 is 1.47 bits per heavy atom. The van der Waals surface area contributed by atoms with Crippen LogP contribution in [0.2, 0.25) is 0 Å². The van der Waals surface area contributed by atoms with Crippen LogP contribution in [0.1, 0.15) is 29.3 Å². The van der Waals surface area contributed by atoms with Gasteiger partial charge in [-0.15, -0.1) is 5.10 Å². The average molecular weight is 276 g/mol. The van der Waals surface area contributed by atoms with E-state index in [0.717, 1.165) is 37.3 Å². The summed E-state index contributed by atoms with van der Waals surface area (Å²) in [5, 5.41) is 6.00. The minimum Gasteiger partial charge on any atom is -0.493 e. The van der Waals surface area contributed by atoms with Gasteiger partial charge in [-0.3, -0.25) is 11.3 Å². The molecule has 0 bridgehead atoms. The monoisotopic (exact) mass is 276 g/mol. The van der Waals surface area contributed by atoms with E-state index in [2.05, 4.69) is 33.2 Å². The Balaban J connectivity index is 1.65. The topological polar surface area (TPSA) is 73.1 Å². The van der Waals surface area contributed by atoms with Crippen molar-refractivity contribution >= 4 is 11.5 Å². The predicted molar refractivity (Wildman–Crippen MR) is 73.9 cm³/mol. The van der Waals surface area contributed by atoms with Crippen LogP contribution in [0.15, 0.2) is 23.6 Å². The second kappa shape index (κ2) is 5.64. The summed E-state index contributed by atoms with van der Waals surface area (Å²) in [6, 6.07) is 6.47. The number of hydrazine groups is 1. The number of aromatic nitrogens is 2. The number of nitrogens with two attached hydrogens (primary N) is 1. The number of hydrogen-bond donors (Lipinski definition) is 2. The third-order valence-electron chi connectivity index (χ3n) is 3.41. The minimum atomic E-state index is 0.0586. The van der Waals surface area contributed by atoms with Crippen LogP contribution < -0.4 is 16.0 Å². The Bertz CT molecular complexity index is 544. The fourth-order valence-corrected chi connectivity index (χ4v) is 2.85. The molecular formula is C13H16N4OS. The Kier molecular flexibility index (Phi) is 3.72. The summed E-state index contributed by atoms with van der Waals surface area (Å²) < 4.78 is 9.38. The molecule has 2 heterocycles. The van der Waals surface area contributed by atoms with Gasteiger partial charge in [-0.05, 0) is 41.6 Å². The van der Waals surface area contributed by atoms with E-state index in [1.54, 1.807) is 0 Å². The molecule has 19 heavy (non-hydrogen) atoms. The molecule has 0 amide bonds. The van der Waals surface area contributed by atoms with Gasteiger partial charge in [-0.1, -0.05) is 16.6 Å². The third kappa shape index (κ3) is 2.75. The third-order valence-corrected chi connectivity index (χ3v) is 3.93. The number of hydrogen-bond acceptors (Lipinski definition) is 6. The molecule has 2 aromatic rings. The molecule has 0 saturated carbocycles. The second-order valence-corrected chi connectivity index (χ2v) is 5.24. The van der Waals surface area contributed by atoms with Crippen LogP contribution in [0.25, 0.3) is 0 Å². The summed E-state index contributed by atoms with van der Waals surface area (Å²) in [5.41, 5.74) is 6.34. The standard InChI is InChI=1S/C13H16N4OS/c14-15-11(12-8-19-17-16-12)3-1-9-2-4-13-10(7-9)5-6-18-13/h2,4,7-8,11,15H,1,3,5-6,14H2. The van der Waals surface area contributed by atoms with Gasteiger partial charge in [0.25, 0.3) is 0 Å². The Hall–Kier alpha value is -1.50. The molecule has 0 aliphatic carbocycles. The summed E-state index contributed by atoms with van der Waals surface area (Å²) in [6.07, 6.45) is 2.87. The number of benzene rings is 1. The van der Waals surface area contributed by atoms with E-state index in [9.17, 15) is 0 Å². The van der Waals surface area contributed by atoms with Gasteiger partial charge in [-0.2, -0.15) is 0 Å². The van der Waals surface area contributed by atoms with Gasteiger partial charge >= 0.3 is 0 Å². The molecule has 0 fully saturated rings. The zero-order valence-corrected chi connectivity index (χ0v) is 11.3. The molecule has 0 saturated heterocycles. The Morgan fingerprint density at radius 2 is 2.42 bits per heavy atom.